The summed E-state index contributed by atoms with van der Waals surface area (Å²) in [7, 11) is 0. The maximum absolute atomic E-state index is 11.9. The van der Waals surface area contributed by atoms with Crippen LogP contribution in [-0.4, -0.2) is 69.7 Å². The van der Waals surface area contributed by atoms with Crippen molar-refractivity contribution in [3.05, 3.63) is 0 Å². The smallest absolute Gasteiger partial charge is 0.323 e. The fraction of sp³-hybridized carbons (Fsp3) is 0.545. The Morgan fingerprint density at radius 3 is 2.27 bits per heavy atom. The Bertz CT molecular complexity index is 457. The van der Waals surface area contributed by atoms with Crippen molar-refractivity contribution in [3.8, 4) is 0 Å². The minimum absolute atomic E-state index is 0.0411. The standard InChI is InChI=1S/C11H17N3O7S/c12-6(11(20)21)1-2-8(16)13-7(4-22)10(19)14(5-15)3-9(17)18/h5-7,22H,1-4,12H2,(H,13,16)(H,17,18)(H,20,21). The van der Waals surface area contributed by atoms with Crippen molar-refractivity contribution < 1.29 is 34.2 Å². The monoisotopic (exact) mass is 335 g/mol. The number of carbonyl (C=O) groups excluding carboxylic acids is 3. The molecule has 11 heteroatoms. The Labute approximate surface area is 131 Å². The van der Waals surface area contributed by atoms with Gasteiger partial charge in [0.05, 0.1) is 0 Å². The Morgan fingerprint density at radius 1 is 1.27 bits per heavy atom. The molecule has 0 saturated carbocycles. The van der Waals surface area contributed by atoms with Crippen molar-refractivity contribution in [1.29, 1.82) is 0 Å². The summed E-state index contributed by atoms with van der Waals surface area (Å²) in [5.74, 6) is -4.41. The van der Waals surface area contributed by atoms with E-state index in [4.69, 9.17) is 15.9 Å². The van der Waals surface area contributed by atoms with Crippen LogP contribution in [0.15, 0.2) is 0 Å². The number of carbonyl (C=O) groups is 5. The number of thiol groups is 1. The van der Waals surface area contributed by atoms with Gasteiger partial charge in [-0.1, -0.05) is 0 Å². The summed E-state index contributed by atoms with van der Waals surface area (Å²) in [4.78, 5) is 55.6. The predicted octanol–water partition coefficient (Wildman–Crippen LogP) is -2.34. The van der Waals surface area contributed by atoms with Gasteiger partial charge in [0, 0.05) is 12.2 Å². The second kappa shape index (κ2) is 9.73. The van der Waals surface area contributed by atoms with Crippen LogP contribution < -0.4 is 11.1 Å². The molecule has 0 heterocycles. The first kappa shape index (κ1) is 19.9. The molecule has 0 radical (unpaired) electrons. The molecule has 0 aromatic heterocycles. The van der Waals surface area contributed by atoms with Crippen molar-refractivity contribution in [2.24, 2.45) is 5.73 Å². The number of amides is 3. The van der Waals surface area contributed by atoms with Crippen molar-refractivity contribution in [2.75, 3.05) is 12.3 Å². The van der Waals surface area contributed by atoms with E-state index in [1.165, 1.54) is 0 Å². The minimum atomic E-state index is -1.39. The third-order valence-corrected chi connectivity index (χ3v) is 2.90. The Morgan fingerprint density at radius 2 is 1.86 bits per heavy atom. The second-order valence-corrected chi connectivity index (χ2v) is 4.62. The summed E-state index contributed by atoms with van der Waals surface area (Å²) in [6.45, 7) is -0.841. The number of imide groups is 1. The normalized spacial score (nSPS) is 12.8. The topological polar surface area (TPSA) is 167 Å². The predicted molar refractivity (Wildman–Crippen MR) is 76.0 cm³/mol. The van der Waals surface area contributed by atoms with Gasteiger partial charge in [-0.15, -0.1) is 0 Å². The SMILES string of the molecule is NC(CCC(=O)NC(CS)C(=O)N(C=O)CC(=O)O)C(=O)O. The zero-order valence-corrected chi connectivity index (χ0v) is 12.4. The second-order valence-electron chi connectivity index (χ2n) is 4.25. The van der Waals surface area contributed by atoms with E-state index in [-0.39, 0.29) is 25.0 Å². The molecule has 22 heavy (non-hydrogen) atoms. The number of carboxylic acid groups (broad SMARTS) is 2. The first-order valence-corrected chi connectivity index (χ1v) is 6.72. The van der Waals surface area contributed by atoms with Crippen LogP contribution in [0.1, 0.15) is 12.8 Å². The summed E-state index contributed by atoms with van der Waals surface area (Å²) in [6, 6.07) is -2.42. The van der Waals surface area contributed by atoms with Gasteiger partial charge in [-0.3, -0.25) is 28.9 Å². The van der Waals surface area contributed by atoms with E-state index in [9.17, 15) is 24.0 Å². The zero-order valence-electron chi connectivity index (χ0n) is 11.5. The van der Waals surface area contributed by atoms with Crippen molar-refractivity contribution >= 4 is 42.8 Å². The van der Waals surface area contributed by atoms with Gasteiger partial charge >= 0.3 is 11.9 Å². The van der Waals surface area contributed by atoms with Crippen LogP contribution in [0.2, 0.25) is 0 Å². The molecule has 0 aliphatic carbocycles. The van der Waals surface area contributed by atoms with Gasteiger partial charge in [0.2, 0.25) is 12.3 Å². The molecular weight excluding hydrogens is 318 g/mol. The van der Waals surface area contributed by atoms with Gasteiger partial charge in [-0.25, -0.2) is 0 Å². The molecule has 0 bridgehead atoms. The van der Waals surface area contributed by atoms with Crippen molar-refractivity contribution in [1.82, 2.24) is 10.2 Å². The highest BCUT2D eigenvalue weighted by Gasteiger charge is 2.26. The maximum Gasteiger partial charge on any atom is 0.323 e. The van der Waals surface area contributed by atoms with Gasteiger partial charge in [0.25, 0.3) is 5.91 Å². The fourth-order valence-electron chi connectivity index (χ4n) is 1.38. The van der Waals surface area contributed by atoms with E-state index in [1.807, 2.05) is 0 Å². The number of nitrogens with two attached hydrogens (primary N) is 1. The lowest BCUT2D eigenvalue weighted by Crippen LogP contribution is -2.50. The molecule has 0 saturated heterocycles. The molecule has 0 rings (SSSR count). The van der Waals surface area contributed by atoms with E-state index in [1.54, 1.807) is 0 Å². The van der Waals surface area contributed by atoms with Gasteiger partial charge in [-0.05, 0) is 6.42 Å². The van der Waals surface area contributed by atoms with E-state index in [0.29, 0.717) is 4.90 Å². The molecule has 2 atom stereocenters. The van der Waals surface area contributed by atoms with Crippen LogP contribution in [0.5, 0.6) is 0 Å². The molecular formula is C11H17N3O7S. The molecule has 3 amide bonds. The highest BCUT2D eigenvalue weighted by atomic mass is 32.1. The molecule has 0 aromatic rings. The number of nitrogens with one attached hydrogen (secondary N) is 1. The lowest BCUT2D eigenvalue weighted by molar-refractivity contribution is -0.149. The number of rotatable bonds is 10. The average Bonchev–Trinajstić information content (AvgIpc) is 2.46. The molecule has 5 N–H and O–H groups in total. The molecule has 0 aliphatic heterocycles. The Balaban J connectivity index is 4.59. The summed E-state index contributed by atoms with van der Waals surface area (Å²) in [6.07, 6.45) is -0.342. The van der Waals surface area contributed by atoms with E-state index in [0.717, 1.165) is 0 Å². The highest BCUT2D eigenvalue weighted by Crippen LogP contribution is 2.00. The zero-order chi connectivity index (χ0) is 17.3. The number of hydrogen-bond donors (Lipinski definition) is 5. The highest BCUT2D eigenvalue weighted by molar-refractivity contribution is 7.80. The molecule has 0 fully saturated rings. The summed E-state index contributed by atoms with van der Waals surface area (Å²) < 4.78 is 0. The molecule has 0 aromatic carbocycles. The number of nitrogens with zero attached hydrogens (tertiary/aromatic N) is 1. The van der Waals surface area contributed by atoms with E-state index >= 15 is 0 Å². The van der Waals surface area contributed by atoms with Crippen LogP contribution in [-0.2, 0) is 24.0 Å². The van der Waals surface area contributed by atoms with E-state index < -0.39 is 42.4 Å². The van der Waals surface area contributed by atoms with Crippen LogP contribution in [0.4, 0.5) is 0 Å². The van der Waals surface area contributed by atoms with Crippen molar-refractivity contribution in [3.63, 3.8) is 0 Å². The van der Waals surface area contributed by atoms with Crippen LogP contribution in [0.3, 0.4) is 0 Å². The number of hydrogen-bond acceptors (Lipinski definition) is 7. The van der Waals surface area contributed by atoms with Gasteiger partial charge in [0.15, 0.2) is 0 Å². The summed E-state index contributed by atoms with van der Waals surface area (Å²) in [5.41, 5.74) is 5.23. The third kappa shape index (κ3) is 7.04. The van der Waals surface area contributed by atoms with Crippen LogP contribution in [0.25, 0.3) is 0 Å². The van der Waals surface area contributed by atoms with Crippen LogP contribution in [0, 0.1) is 0 Å². The fourth-order valence-corrected chi connectivity index (χ4v) is 1.62. The molecule has 2 unspecified atom stereocenters. The number of aliphatic carboxylic acids is 2. The Hall–Kier alpha value is -2.14. The largest absolute Gasteiger partial charge is 0.480 e. The molecule has 10 nitrogen and oxygen atoms in total. The number of carboxylic acids is 2. The average molecular weight is 335 g/mol. The summed E-state index contributed by atoms with van der Waals surface area (Å²) in [5, 5.41) is 19.4. The Kier molecular flexibility index (Phi) is 8.79. The van der Waals surface area contributed by atoms with Gasteiger partial charge < -0.3 is 21.3 Å². The van der Waals surface area contributed by atoms with Crippen LogP contribution >= 0.6 is 12.6 Å². The molecule has 0 spiro atoms. The van der Waals surface area contributed by atoms with Gasteiger partial charge in [0.1, 0.15) is 18.6 Å². The first-order chi connectivity index (χ1) is 10.2. The molecule has 124 valence electrons. The van der Waals surface area contributed by atoms with Gasteiger partial charge in [-0.2, -0.15) is 12.6 Å². The quantitative estimate of drug-likeness (QED) is 0.219. The third-order valence-electron chi connectivity index (χ3n) is 2.53. The molecule has 0 aliphatic rings. The first-order valence-electron chi connectivity index (χ1n) is 6.09. The minimum Gasteiger partial charge on any atom is -0.480 e. The van der Waals surface area contributed by atoms with Crippen molar-refractivity contribution in [2.45, 2.75) is 24.9 Å². The maximum atomic E-state index is 11.9. The summed E-state index contributed by atoms with van der Waals surface area (Å²) >= 11 is 3.85. The van der Waals surface area contributed by atoms with E-state index in [2.05, 4.69) is 17.9 Å². The lowest BCUT2D eigenvalue weighted by atomic mass is 10.1. The lowest BCUT2D eigenvalue weighted by Gasteiger charge is -2.21.